The summed E-state index contributed by atoms with van der Waals surface area (Å²) in [4.78, 5) is 14.3. The van der Waals surface area contributed by atoms with Crippen molar-refractivity contribution < 1.29 is 17.6 Å². The Morgan fingerprint density at radius 2 is 2.04 bits per heavy atom. The molecule has 1 N–H and O–H groups in total. The van der Waals surface area contributed by atoms with Gasteiger partial charge in [-0.25, -0.2) is 8.42 Å². The van der Waals surface area contributed by atoms with E-state index in [9.17, 15) is 13.2 Å². The summed E-state index contributed by atoms with van der Waals surface area (Å²) >= 11 is 0. The van der Waals surface area contributed by atoms with Crippen LogP contribution in [0, 0.1) is 11.8 Å². The first-order valence-corrected chi connectivity index (χ1v) is 10.6. The fraction of sp³-hybridized carbons (Fsp3) is 0.706. The van der Waals surface area contributed by atoms with E-state index in [2.05, 4.69) is 10.2 Å². The number of amides is 1. The monoisotopic (exact) mass is 354 g/mol. The highest BCUT2D eigenvalue weighted by atomic mass is 32.2. The van der Waals surface area contributed by atoms with Gasteiger partial charge in [0.1, 0.15) is 6.26 Å². The van der Waals surface area contributed by atoms with Gasteiger partial charge in [-0.1, -0.05) is 0 Å². The Hall–Kier alpha value is -1.34. The molecule has 0 aromatic carbocycles. The van der Waals surface area contributed by atoms with E-state index in [1.807, 2.05) is 0 Å². The van der Waals surface area contributed by atoms with E-state index < -0.39 is 9.84 Å². The minimum Gasteiger partial charge on any atom is -0.472 e. The number of likely N-dealkylation sites (tertiary alicyclic amines) is 1. The molecule has 0 spiro atoms. The molecule has 1 amide bonds. The van der Waals surface area contributed by atoms with Crippen LogP contribution in [-0.4, -0.2) is 56.9 Å². The van der Waals surface area contributed by atoms with E-state index in [4.69, 9.17) is 4.42 Å². The van der Waals surface area contributed by atoms with Crippen LogP contribution in [0.15, 0.2) is 23.0 Å². The molecular formula is C17H26N2O4S. The molecule has 0 saturated carbocycles. The topological polar surface area (TPSA) is 79.6 Å². The second kappa shape index (κ2) is 7.70. The van der Waals surface area contributed by atoms with Crippen molar-refractivity contribution in [1.29, 1.82) is 0 Å². The summed E-state index contributed by atoms with van der Waals surface area (Å²) in [5.41, 5.74) is 0.568. The van der Waals surface area contributed by atoms with Crippen LogP contribution < -0.4 is 5.32 Å². The van der Waals surface area contributed by atoms with E-state index in [0.717, 1.165) is 45.3 Å². The Bertz CT molecular complexity index is 634. The lowest BCUT2D eigenvalue weighted by atomic mass is 9.96. The molecule has 1 atom stereocenters. The minimum atomic E-state index is -2.76. The fourth-order valence-corrected chi connectivity index (χ4v) is 5.52. The zero-order valence-corrected chi connectivity index (χ0v) is 14.8. The van der Waals surface area contributed by atoms with Crippen LogP contribution in [0.2, 0.25) is 0 Å². The molecule has 3 heterocycles. The van der Waals surface area contributed by atoms with Gasteiger partial charge in [-0.3, -0.25) is 4.79 Å². The van der Waals surface area contributed by atoms with Gasteiger partial charge < -0.3 is 14.6 Å². The molecule has 0 aliphatic carbocycles. The molecule has 1 aromatic heterocycles. The summed E-state index contributed by atoms with van der Waals surface area (Å²) in [6.07, 6.45) is 6.94. The molecule has 2 aliphatic heterocycles. The first-order chi connectivity index (χ1) is 11.5. The lowest BCUT2D eigenvalue weighted by Crippen LogP contribution is -2.39. The Kier molecular flexibility index (Phi) is 5.61. The Labute approximate surface area is 143 Å². The van der Waals surface area contributed by atoms with Gasteiger partial charge in [-0.05, 0) is 63.2 Å². The SMILES string of the molecule is O=C(NCC1CCN(CCC2CCS(=O)(=O)C2)CC1)c1ccoc1. The highest BCUT2D eigenvalue weighted by Gasteiger charge is 2.28. The third-order valence-electron chi connectivity index (χ3n) is 5.22. The molecule has 134 valence electrons. The minimum absolute atomic E-state index is 0.0753. The van der Waals surface area contributed by atoms with Crippen molar-refractivity contribution in [3.05, 3.63) is 24.2 Å². The number of hydrogen-bond acceptors (Lipinski definition) is 5. The quantitative estimate of drug-likeness (QED) is 0.838. The molecule has 2 saturated heterocycles. The van der Waals surface area contributed by atoms with Crippen LogP contribution in [0.1, 0.15) is 36.0 Å². The molecule has 24 heavy (non-hydrogen) atoms. The summed E-state index contributed by atoms with van der Waals surface area (Å²) in [5, 5.41) is 2.97. The average molecular weight is 354 g/mol. The average Bonchev–Trinajstić information content (AvgIpc) is 3.21. The molecule has 0 radical (unpaired) electrons. The summed E-state index contributed by atoms with van der Waals surface area (Å²) in [7, 11) is -2.76. The maximum atomic E-state index is 11.9. The summed E-state index contributed by atoms with van der Waals surface area (Å²) in [6.45, 7) is 3.77. The molecule has 2 aliphatic rings. The van der Waals surface area contributed by atoms with Gasteiger partial charge in [-0.15, -0.1) is 0 Å². The summed E-state index contributed by atoms with van der Waals surface area (Å²) in [5.74, 6) is 1.54. The number of nitrogens with zero attached hydrogens (tertiary/aromatic N) is 1. The molecule has 1 aromatic rings. The molecule has 6 nitrogen and oxygen atoms in total. The van der Waals surface area contributed by atoms with Gasteiger partial charge >= 0.3 is 0 Å². The number of carbonyl (C=O) groups is 1. The number of nitrogens with one attached hydrogen (secondary N) is 1. The van der Waals surface area contributed by atoms with Crippen molar-refractivity contribution in [3.63, 3.8) is 0 Å². The zero-order valence-electron chi connectivity index (χ0n) is 13.9. The van der Waals surface area contributed by atoms with Crippen LogP contribution in [0.3, 0.4) is 0 Å². The van der Waals surface area contributed by atoms with Gasteiger partial charge in [0.05, 0.1) is 23.3 Å². The van der Waals surface area contributed by atoms with Crippen molar-refractivity contribution in [1.82, 2.24) is 10.2 Å². The van der Waals surface area contributed by atoms with Crippen LogP contribution in [-0.2, 0) is 9.84 Å². The van der Waals surface area contributed by atoms with Crippen molar-refractivity contribution in [2.75, 3.05) is 37.7 Å². The Morgan fingerprint density at radius 1 is 1.25 bits per heavy atom. The van der Waals surface area contributed by atoms with Crippen molar-refractivity contribution in [2.45, 2.75) is 25.7 Å². The van der Waals surface area contributed by atoms with Gasteiger partial charge in [0, 0.05) is 6.54 Å². The van der Waals surface area contributed by atoms with Crippen molar-refractivity contribution in [2.24, 2.45) is 11.8 Å². The lowest BCUT2D eigenvalue weighted by molar-refractivity contribution is 0.0934. The zero-order chi connectivity index (χ0) is 17.0. The van der Waals surface area contributed by atoms with Gasteiger partial charge in [0.25, 0.3) is 5.91 Å². The smallest absolute Gasteiger partial charge is 0.254 e. The maximum Gasteiger partial charge on any atom is 0.254 e. The molecule has 3 rings (SSSR count). The standard InChI is InChI=1S/C17H26N2O4S/c20-17(16-4-9-23-12-16)18-11-14-1-6-19(7-2-14)8-3-15-5-10-24(21,22)13-15/h4,9,12,14-15H,1-3,5-8,10-11,13H2,(H,18,20). The number of hydrogen-bond donors (Lipinski definition) is 1. The van der Waals surface area contributed by atoms with E-state index in [0.29, 0.717) is 35.4 Å². The van der Waals surface area contributed by atoms with Gasteiger partial charge in [0.2, 0.25) is 0 Å². The molecular weight excluding hydrogens is 328 g/mol. The van der Waals surface area contributed by atoms with E-state index in [1.165, 1.54) is 12.5 Å². The third kappa shape index (κ3) is 4.83. The third-order valence-corrected chi connectivity index (χ3v) is 7.06. The predicted molar refractivity (Wildman–Crippen MR) is 91.6 cm³/mol. The molecule has 2 fully saturated rings. The summed E-state index contributed by atoms with van der Waals surface area (Å²) in [6, 6.07) is 1.67. The first kappa shape index (κ1) is 17.5. The van der Waals surface area contributed by atoms with E-state index >= 15 is 0 Å². The van der Waals surface area contributed by atoms with Crippen LogP contribution in [0.25, 0.3) is 0 Å². The normalized spacial score (nSPS) is 24.9. The molecule has 0 bridgehead atoms. The van der Waals surface area contributed by atoms with Gasteiger partial charge in [-0.2, -0.15) is 0 Å². The highest BCUT2D eigenvalue weighted by molar-refractivity contribution is 7.91. The Balaban J connectivity index is 1.32. The maximum absolute atomic E-state index is 11.9. The number of carbonyl (C=O) groups excluding carboxylic acids is 1. The second-order valence-electron chi connectivity index (χ2n) is 7.06. The number of piperidine rings is 1. The first-order valence-electron chi connectivity index (χ1n) is 8.75. The van der Waals surface area contributed by atoms with Crippen molar-refractivity contribution in [3.8, 4) is 0 Å². The molecule has 1 unspecified atom stereocenters. The highest BCUT2D eigenvalue weighted by Crippen LogP contribution is 2.23. The molecule has 7 heteroatoms. The van der Waals surface area contributed by atoms with Crippen LogP contribution in [0.5, 0.6) is 0 Å². The van der Waals surface area contributed by atoms with Crippen LogP contribution in [0.4, 0.5) is 0 Å². The van der Waals surface area contributed by atoms with Crippen LogP contribution >= 0.6 is 0 Å². The Morgan fingerprint density at radius 3 is 2.67 bits per heavy atom. The predicted octanol–water partition coefficient (Wildman–Crippen LogP) is 1.55. The summed E-state index contributed by atoms with van der Waals surface area (Å²) < 4.78 is 27.9. The largest absolute Gasteiger partial charge is 0.472 e. The van der Waals surface area contributed by atoms with E-state index in [1.54, 1.807) is 6.07 Å². The second-order valence-corrected chi connectivity index (χ2v) is 9.29. The number of sulfone groups is 1. The van der Waals surface area contributed by atoms with E-state index in [-0.39, 0.29) is 5.91 Å². The van der Waals surface area contributed by atoms with Crippen molar-refractivity contribution >= 4 is 15.7 Å². The number of furan rings is 1. The lowest BCUT2D eigenvalue weighted by Gasteiger charge is -2.32. The fourth-order valence-electron chi connectivity index (χ4n) is 3.61. The van der Waals surface area contributed by atoms with Gasteiger partial charge in [0.15, 0.2) is 9.84 Å². The number of rotatable bonds is 6.